The van der Waals surface area contributed by atoms with E-state index in [0.29, 0.717) is 31.2 Å². The summed E-state index contributed by atoms with van der Waals surface area (Å²) in [5.74, 6) is 0.837. The Morgan fingerprint density at radius 2 is 1.82 bits per heavy atom. The molecule has 0 radical (unpaired) electrons. The number of aromatic nitrogens is 1. The summed E-state index contributed by atoms with van der Waals surface area (Å²) in [4.78, 5) is 4.00. The molecule has 0 amide bonds. The summed E-state index contributed by atoms with van der Waals surface area (Å²) in [6, 6.07) is 6.60. The minimum Gasteiger partial charge on any atom is -0.437 e. The fourth-order valence-corrected chi connectivity index (χ4v) is 2.06. The molecule has 2 aromatic rings. The van der Waals surface area contributed by atoms with Gasteiger partial charge in [-0.3, -0.25) is 0 Å². The molecule has 0 spiro atoms. The van der Waals surface area contributed by atoms with E-state index in [4.69, 9.17) is 39.5 Å². The van der Waals surface area contributed by atoms with Crippen molar-refractivity contribution in [2.24, 2.45) is 0 Å². The Bertz CT molecular complexity index is 545. The summed E-state index contributed by atoms with van der Waals surface area (Å²) in [6.45, 7) is 0. The van der Waals surface area contributed by atoms with Crippen molar-refractivity contribution < 1.29 is 4.74 Å². The second kappa shape index (κ2) is 5.44. The predicted molar refractivity (Wildman–Crippen MR) is 73.5 cm³/mol. The molecular formula is C11H5BrCl3NO. The standard InChI is InChI=1S/C11H5BrCl3NO/c12-7-3-9(15)10(4-8(7)14)17-11-2-1-6(13)5-16-11/h1-5H. The first kappa shape index (κ1) is 13.0. The van der Waals surface area contributed by atoms with Crippen LogP contribution in [0.1, 0.15) is 0 Å². The highest BCUT2D eigenvalue weighted by Crippen LogP contribution is 2.36. The summed E-state index contributed by atoms with van der Waals surface area (Å²) in [6.07, 6.45) is 1.49. The molecule has 0 aliphatic rings. The van der Waals surface area contributed by atoms with Gasteiger partial charge < -0.3 is 4.74 Å². The maximum Gasteiger partial charge on any atom is 0.219 e. The van der Waals surface area contributed by atoms with Gasteiger partial charge in [0.25, 0.3) is 0 Å². The molecule has 1 aromatic carbocycles. The van der Waals surface area contributed by atoms with Gasteiger partial charge in [0.05, 0.1) is 15.1 Å². The van der Waals surface area contributed by atoms with Crippen LogP contribution in [0.3, 0.4) is 0 Å². The summed E-state index contributed by atoms with van der Waals surface area (Å²) >= 11 is 21.0. The van der Waals surface area contributed by atoms with E-state index in [1.165, 1.54) is 6.20 Å². The molecule has 0 bridgehead atoms. The number of hydrogen-bond donors (Lipinski definition) is 0. The molecule has 0 aliphatic carbocycles. The summed E-state index contributed by atoms with van der Waals surface area (Å²) < 4.78 is 6.20. The van der Waals surface area contributed by atoms with Crippen LogP contribution in [-0.4, -0.2) is 4.98 Å². The molecule has 0 saturated heterocycles. The third kappa shape index (κ3) is 3.26. The van der Waals surface area contributed by atoms with E-state index in [9.17, 15) is 0 Å². The van der Waals surface area contributed by atoms with Crippen molar-refractivity contribution in [1.82, 2.24) is 4.98 Å². The first-order valence-corrected chi connectivity index (χ1v) is 6.43. The normalized spacial score (nSPS) is 10.4. The van der Waals surface area contributed by atoms with Crippen LogP contribution in [0.15, 0.2) is 34.9 Å². The maximum absolute atomic E-state index is 6.02. The highest BCUT2D eigenvalue weighted by atomic mass is 79.9. The topological polar surface area (TPSA) is 22.1 Å². The monoisotopic (exact) mass is 351 g/mol. The van der Waals surface area contributed by atoms with Crippen molar-refractivity contribution in [3.63, 3.8) is 0 Å². The summed E-state index contributed by atoms with van der Waals surface area (Å²) in [7, 11) is 0. The van der Waals surface area contributed by atoms with E-state index in [1.54, 1.807) is 24.3 Å². The van der Waals surface area contributed by atoms with Gasteiger partial charge in [-0.1, -0.05) is 34.8 Å². The Morgan fingerprint density at radius 1 is 1.06 bits per heavy atom. The molecule has 0 atom stereocenters. The second-order valence-electron chi connectivity index (χ2n) is 3.11. The van der Waals surface area contributed by atoms with E-state index in [-0.39, 0.29) is 0 Å². The molecule has 0 fully saturated rings. The van der Waals surface area contributed by atoms with Crippen LogP contribution in [0, 0.1) is 0 Å². The lowest BCUT2D eigenvalue weighted by molar-refractivity contribution is 0.463. The molecular weight excluding hydrogens is 348 g/mol. The molecule has 17 heavy (non-hydrogen) atoms. The first-order chi connectivity index (χ1) is 8.06. The third-order valence-corrected chi connectivity index (χ3v) is 3.61. The Labute approximate surface area is 122 Å². The summed E-state index contributed by atoms with van der Waals surface area (Å²) in [5.41, 5.74) is 0. The highest BCUT2D eigenvalue weighted by Gasteiger charge is 2.08. The van der Waals surface area contributed by atoms with Crippen molar-refractivity contribution >= 4 is 50.7 Å². The number of pyridine rings is 1. The summed E-state index contributed by atoms with van der Waals surface area (Å²) in [5, 5.41) is 1.49. The molecule has 0 aliphatic heterocycles. The van der Waals surface area contributed by atoms with Crippen molar-refractivity contribution in [2.75, 3.05) is 0 Å². The van der Waals surface area contributed by atoms with Gasteiger partial charge in [-0.05, 0) is 28.1 Å². The Kier molecular flexibility index (Phi) is 4.15. The zero-order valence-electron chi connectivity index (χ0n) is 8.25. The van der Waals surface area contributed by atoms with E-state index >= 15 is 0 Å². The zero-order valence-corrected chi connectivity index (χ0v) is 12.1. The highest BCUT2D eigenvalue weighted by molar-refractivity contribution is 9.10. The number of ether oxygens (including phenoxy) is 1. The van der Waals surface area contributed by atoms with Gasteiger partial charge in [-0.25, -0.2) is 4.98 Å². The second-order valence-corrected chi connectivity index (χ2v) is 5.22. The molecule has 0 saturated carbocycles. The molecule has 0 N–H and O–H groups in total. The van der Waals surface area contributed by atoms with Gasteiger partial charge in [-0.2, -0.15) is 0 Å². The SMILES string of the molecule is Clc1ccc(Oc2cc(Cl)c(Br)cc2Cl)nc1. The van der Waals surface area contributed by atoms with Crippen LogP contribution >= 0.6 is 50.7 Å². The van der Waals surface area contributed by atoms with E-state index in [0.717, 1.165) is 0 Å². The van der Waals surface area contributed by atoms with Crippen molar-refractivity contribution in [3.8, 4) is 11.6 Å². The smallest absolute Gasteiger partial charge is 0.219 e. The lowest BCUT2D eigenvalue weighted by atomic mass is 10.3. The zero-order chi connectivity index (χ0) is 12.4. The molecule has 2 nitrogen and oxygen atoms in total. The van der Waals surface area contributed by atoms with Crippen LogP contribution in [0.4, 0.5) is 0 Å². The fourth-order valence-electron chi connectivity index (χ4n) is 1.12. The molecule has 6 heteroatoms. The Morgan fingerprint density at radius 3 is 2.47 bits per heavy atom. The van der Waals surface area contributed by atoms with E-state index in [2.05, 4.69) is 20.9 Å². The van der Waals surface area contributed by atoms with Crippen LogP contribution in [0.2, 0.25) is 15.1 Å². The van der Waals surface area contributed by atoms with E-state index in [1.807, 2.05) is 0 Å². The number of hydrogen-bond acceptors (Lipinski definition) is 2. The lowest BCUT2D eigenvalue weighted by Crippen LogP contribution is -1.88. The van der Waals surface area contributed by atoms with Crippen LogP contribution in [0.25, 0.3) is 0 Å². The Balaban J connectivity index is 2.30. The predicted octanol–water partition coefficient (Wildman–Crippen LogP) is 5.60. The van der Waals surface area contributed by atoms with Crippen molar-refractivity contribution in [3.05, 3.63) is 50.0 Å². The van der Waals surface area contributed by atoms with Gasteiger partial charge in [0.1, 0.15) is 5.75 Å². The number of halogens is 4. The molecule has 2 rings (SSSR count). The number of rotatable bonds is 2. The quantitative estimate of drug-likeness (QED) is 0.656. The minimum atomic E-state index is 0.398. The van der Waals surface area contributed by atoms with Gasteiger partial charge in [0, 0.05) is 22.8 Å². The average molecular weight is 353 g/mol. The molecule has 88 valence electrons. The van der Waals surface area contributed by atoms with E-state index < -0.39 is 0 Å². The Hall–Kier alpha value is -0.480. The van der Waals surface area contributed by atoms with Crippen LogP contribution < -0.4 is 4.74 Å². The van der Waals surface area contributed by atoms with Gasteiger partial charge in [-0.15, -0.1) is 0 Å². The maximum atomic E-state index is 6.02. The fraction of sp³-hybridized carbons (Fsp3) is 0. The first-order valence-electron chi connectivity index (χ1n) is 4.50. The van der Waals surface area contributed by atoms with Crippen LogP contribution in [0.5, 0.6) is 11.6 Å². The molecule has 1 aromatic heterocycles. The third-order valence-electron chi connectivity index (χ3n) is 1.89. The number of benzene rings is 1. The average Bonchev–Trinajstić information content (AvgIpc) is 2.29. The van der Waals surface area contributed by atoms with Crippen molar-refractivity contribution in [2.45, 2.75) is 0 Å². The molecule has 0 unspecified atom stereocenters. The lowest BCUT2D eigenvalue weighted by Gasteiger charge is -2.07. The van der Waals surface area contributed by atoms with Gasteiger partial charge in [0.2, 0.25) is 5.88 Å². The largest absolute Gasteiger partial charge is 0.437 e. The van der Waals surface area contributed by atoms with Gasteiger partial charge in [0.15, 0.2) is 0 Å². The van der Waals surface area contributed by atoms with Gasteiger partial charge >= 0.3 is 0 Å². The minimum absolute atomic E-state index is 0.398. The molecule has 1 heterocycles. The number of nitrogens with zero attached hydrogens (tertiary/aromatic N) is 1. The van der Waals surface area contributed by atoms with Crippen molar-refractivity contribution in [1.29, 1.82) is 0 Å². The van der Waals surface area contributed by atoms with Crippen LogP contribution in [-0.2, 0) is 0 Å².